The molecule has 0 aliphatic rings. The van der Waals surface area contributed by atoms with E-state index in [0.717, 1.165) is 8.61 Å². The Hall–Kier alpha value is -3.92. The molecule has 1 aromatic carbocycles. The molecule has 0 aliphatic heterocycles. The fourth-order valence-corrected chi connectivity index (χ4v) is 2.55. The van der Waals surface area contributed by atoms with Gasteiger partial charge in [-0.3, -0.25) is 9.63 Å². The van der Waals surface area contributed by atoms with E-state index in [1.165, 1.54) is 53.2 Å². The Morgan fingerprint density at radius 2 is 1.64 bits per heavy atom. The minimum atomic E-state index is -0.966. The average Bonchev–Trinajstić information content (AvgIpc) is 2.78. The summed E-state index contributed by atoms with van der Waals surface area (Å²) in [5, 5.41) is 7.21. The van der Waals surface area contributed by atoms with Crippen LogP contribution in [0, 0.1) is 12.3 Å². The summed E-state index contributed by atoms with van der Waals surface area (Å²) in [4.78, 5) is 47.6. The van der Waals surface area contributed by atoms with E-state index in [4.69, 9.17) is 20.7 Å². The van der Waals surface area contributed by atoms with Crippen molar-refractivity contribution >= 4 is 41.7 Å². The summed E-state index contributed by atoms with van der Waals surface area (Å²) in [6.07, 6.45) is 3.41. The van der Waals surface area contributed by atoms with Gasteiger partial charge in [-0.2, -0.15) is 0 Å². The second kappa shape index (κ2) is 13.5. The second-order valence-corrected chi connectivity index (χ2v) is 7.50. The Labute approximate surface area is 196 Å². The molecule has 0 radical (unpaired) electrons. The number of hydrogen-bond donors (Lipinski definition) is 0. The maximum atomic E-state index is 12.4. The maximum absolute atomic E-state index is 12.4. The minimum absolute atomic E-state index is 0.00112. The Morgan fingerprint density at radius 1 is 1.03 bits per heavy atom. The van der Waals surface area contributed by atoms with Gasteiger partial charge in [0, 0.05) is 28.2 Å². The number of carbonyl (C=O) groups is 3. The Kier molecular flexibility index (Phi) is 11.1. The van der Waals surface area contributed by atoms with Gasteiger partial charge in [-0.05, 0) is 19.1 Å². The molecule has 0 saturated heterocycles. The van der Waals surface area contributed by atoms with Gasteiger partial charge in [0.1, 0.15) is 19.4 Å². The van der Waals surface area contributed by atoms with E-state index in [-0.39, 0.29) is 29.5 Å². The molecule has 0 aliphatic carbocycles. The molecule has 33 heavy (non-hydrogen) atoms. The van der Waals surface area contributed by atoms with Gasteiger partial charge in [0.2, 0.25) is 0 Å². The summed E-state index contributed by atoms with van der Waals surface area (Å²) in [6.45, 7) is 1.46. The molecule has 0 unspecified atom stereocenters. The predicted octanol–water partition coefficient (Wildman–Crippen LogP) is 2.23. The van der Waals surface area contributed by atoms with Gasteiger partial charge >= 0.3 is 12.2 Å². The van der Waals surface area contributed by atoms with Gasteiger partial charge < -0.3 is 19.2 Å². The number of hydrogen-bond acceptors (Lipinski definition) is 10. The number of oxime groups is 2. The van der Waals surface area contributed by atoms with Crippen LogP contribution < -0.4 is 9.47 Å². The highest BCUT2D eigenvalue weighted by Gasteiger charge is 2.23. The van der Waals surface area contributed by atoms with Crippen LogP contribution in [0.15, 0.2) is 34.6 Å². The zero-order chi connectivity index (χ0) is 25.0. The fraction of sp³-hybridized carbons (Fsp3) is 0.350. The molecule has 1 aromatic rings. The van der Waals surface area contributed by atoms with Crippen molar-refractivity contribution in [1.29, 1.82) is 0 Å². The highest BCUT2D eigenvalue weighted by Crippen LogP contribution is 2.27. The van der Waals surface area contributed by atoms with Crippen molar-refractivity contribution in [2.24, 2.45) is 10.3 Å². The lowest BCUT2D eigenvalue weighted by atomic mass is 10.2. The lowest BCUT2D eigenvalue weighted by molar-refractivity contribution is -0.121. The van der Waals surface area contributed by atoms with Crippen LogP contribution in [-0.4, -0.2) is 84.9 Å². The van der Waals surface area contributed by atoms with Crippen molar-refractivity contribution in [3.63, 3.8) is 0 Å². The summed E-state index contributed by atoms with van der Waals surface area (Å²) >= 11 is 0.669. The van der Waals surface area contributed by atoms with Gasteiger partial charge in [0.05, 0.1) is 12.1 Å². The van der Waals surface area contributed by atoms with E-state index >= 15 is 0 Å². The number of nitrogens with zero attached hydrogens (tertiary/aromatic N) is 5. The number of terminal acetylenes is 1. The van der Waals surface area contributed by atoms with Crippen molar-refractivity contribution in [3.05, 3.63) is 24.3 Å². The van der Waals surface area contributed by atoms with Crippen LogP contribution in [0.1, 0.15) is 6.92 Å². The molecule has 0 aromatic heterocycles. The minimum Gasteiger partial charge on any atom is -0.477 e. The third-order valence-corrected chi connectivity index (χ3v) is 4.30. The number of rotatable bonds is 9. The standard InChI is InChI=1S/C20H25N5O7S/c1-8-13-30-15-11-9-10-12-16(15)31-19(27)24(5)33-25(6)20(28)32-22-17(14(2)21-29-7)18(26)23(3)4/h1,9-12H,13H2,2-7H3. The van der Waals surface area contributed by atoms with E-state index in [1.54, 1.807) is 18.2 Å². The van der Waals surface area contributed by atoms with E-state index in [2.05, 4.69) is 21.1 Å². The average molecular weight is 480 g/mol. The molecule has 0 heterocycles. The molecule has 0 spiro atoms. The third kappa shape index (κ3) is 8.62. The lowest BCUT2D eigenvalue weighted by Gasteiger charge is -2.21. The molecule has 3 amide bonds. The first-order valence-corrected chi connectivity index (χ1v) is 9.96. The van der Waals surface area contributed by atoms with Crippen LogP contribution in [0.3, 0.4) is 0 Å². The lowest BCUT2D eigenvalue weighted by Crippen LogP contribution is -2.35. The van der Waals surface area contributed by atoms with Crippen molar-refractivity contribution in [2.45, 2.75) is 6.92 Å². The highest BCUT2D eigenvalue weighted by atomic mass is 32.2. The largest absolute Gasteiger partial charge is 0.477 e. The monoisotopic (exact) mass is 479 g/mol. The fourth-order valence-electron chi connectivity index (χ4n) is 1.98. The van der Waals surface area contributed by atoms with Crippen LogP contribution in [0.5, 0.6) is 11.5 Å². The van der Waals surface area contributed by atoms with Gasteiger partial charge in [-0.25, -0.2) is 18.2 Å². The van der Waals surface area contributed by atoms with Crippen LogP contribution in [-0.2, 0) is 14.5 Å². The van der Waals surface area contributed by atoms with E-state index in [9.17, 15) is 14.4 Å². The molecule has 0 saturated carbocycles. The first-order chi connectivity index (χ1) is 15.6. The van der Waals surface area contributed by atoms with Crippen molar-refractivity contribution in [1.82, 2.24) is 13.5 Å². The van der Waals surface area contributed by atoms with Crippen molar-refractivity contribution < 1.29 is 33.5 Å². The summed E-state index contributed by atoms with van der Waals surface area (Å²) in [7, 11) is 7.00. The van der Waals surface area contributed by atoms with Crippen LogP contribution in [0.4, 0.5) is 9.59 Å². The molecule has 178 valence electrons. The van der Waals surface area contributed by atoms with Gasteiger partial charge in [-0.1, -0.05) is 28.4 Å². The van der Waals surface area contributed by atoms with E-state index < -0.39 is 18.1 Å². The normalized spacial score (nSPS) is 11.1. The first-order valence-electron chi connectivity index (χ1n) is 9.23. The molecule has 0 fully saturated rings. The van der Waals surface area contributed by atoms with Crippen LogP contribution >= 0.6 is 12.1 Å². The smallest absolute Gasteiger partial charge is 0.447 e. The molecule has 12 nitrogen and oxygen atoms in total. The summed E-state index contributed by atoms with van der Waals surface area (Å²) in [6, 6.07) is 6.47. The molecule has 1 rings (SSSR count). The topological polar surface area (TPSA) is 123 Å². The Bertz CT molecular complexity index is 958. The van der Waals surface area contributed by atoms with Gasteiger partial charge in [0.15, 0.2) is 17.2 Å². The number of para-hydroxylation sites is 2. The van der Waals surface area contributed by atoms with Crippen LogP contribution in [0.2, 0.25) is 0 Å². The SMILES string of the molecule is C#CCOc1ccccc1OC(=O)N(C)SN(C)C(=O)ON=C(C(=O)N(C)C)C(C)=NOC. The molecule has 0 atom stereocenters. The van der Waals surface area contributed by atoms with Gasteiger partial charge in [0.25, 0.3) is 5.91 Å². The number of ether oxygens (including phenoxy) is 2. The number of amides is 3. The molecule has 13 heteroatoms. The zero-order valence-electron chi connectivity index (χ0n) is 19.1. The Balaban J connectivity index is 2.80. The zero-order valence-corrected chi connectivity index (χ0v) is 19.9. The van der Waals surface area contributed by atoms with E-state index in [0.29, 0.717) is 12.1 Å². The highest BCUT2D eigenvalue weighted by molar-refractivity contribution is 7.95. The molecule has 0 N–H and O–H groups in total. The molecule has 0 bridgehead atoms. The number of benzene rings is 1. The number of carbonyl (C=O) groups excluding carboxylic acids is 3. The maximum Gasteiger partial charge on any atom is 0.447 e. The quantitative estimate of drug-likeness (QED) is 0.174. The predicted molar refractivity (Wildman–Crippen MR) is 123 cm³/mol. The van der Waals surface area contributed by atoms with Crippen molar-refractivity contribution in [2.75, 3.05) is 41.9 Å². The first kappa shape index (κ1) is 27.1. The van der Waals surface area contributed by atoms with Gasteiger partial charge in [-0.15, -0.1) is 6.42 Å². The third-order valence-electron chi connectivity index (χ3n) is 3.51. The summed E-state index contributed by atoms with van der Waals surface area (Å²) < 4.78 is 12.6. The van der Waals surface area contributed by atoms with E-state index in [1.807, 2.05) is 0 Å². The molecular formula is C20H25N5O7S. The van der Waals surface area contributed by atoms with Crippen LogP contribution in [0.25, 0.3) is 0 Å². The van der Waals surface area contributed by atoms with Crippen molar-refractivity contribution in [3.8, 4) is 23.8 Å². The molecular weight excluding hydrogens is 454 g/mol. The second-order valence-electron chi connectivity index (χ2n) is 6.24. The summed E-state index contributed by atoms with van der Waals surface area (Å²) in [5.41, 5.74) is -0.129. The Morgan fingerprint density at radius 3 is 2.21 bits per heavy atom. The summed E-state index contributed by atoms with van der Waals surface area (Å²) in [5.74, 6) is 2.21.